The number of hydrogen-bond donors (Lipinski definition) is 1. The summed E-state index contributed by atoms with van der Waals surface area (Å²) in [6.45, 7) is 2.32. The number of aliphatic imine (C=N–C) groups is 1. The highest BCUT2D eigenvalue weighted by atomic mass is 32.2. The molecule has 5 rings (SSSR count). The quantitative estimate of drug-likeness (QED) is 0.663. The predicted molar refractivity (Wildman–Crippen MR) is 121 cm³/mol. The van der Waals surface area contributed by atoms with Crippen LogP contribution in [0.2, 0.25) is 0 Å². The Morgan fingerprint density at radius 1 is 1.13 bits per heavy atom. The number of sulfonamides is 1. The number of rotatable bonds is 3. The van der Waals surface area contributed by atoms with E-state index in [0.29, 0.717) is 12.1 Å². The zero-order valence-corrected chi connectivity index (χ0v) is 18.5. The number of amidine groups is 1. The van der Waals surface area contributed by atoms with Crippen LogP contribution in [0.3, 0.4) is 0 Å². The summed E-state index contributed by atoms with van der Waals surface area (Å²) in [5.41, 5.74) is 2.71. The Morgan fingerprint density at radius 3 is 2.68 bits per heavy atom. The highest BCUT2D eigenvalue weighted by Crippen LogP contribution is 2.38. The molecule has 2 aliphatic heterocycles. The Kier molecular flexibility index (Phi) is 4.91. The van der Waals surface area contributed by atoms with Crippen molar-refractivity contribution in [2.24, 2.45) is 4.99 Å². The molecule has 0 saturated carbocycles. The molecule has 2 aliphatic rings. The molecule has 158 valence electrons. The smallest absolute Gasteiger partial charge is 0.263 e. The summed E-state index contributed by atoms with van der Waals surface area (Å²) in [4.78, 5) is 21.4. The standard InChI is InChI=1S/C23H21N3O3S2/c1-15(24-22-18-9-5-6-10-20(18)31(28,29)25-22)23(27)26-13-11-19-17(12-14-30-19)21(26)16-7-3-2-4-8-16/h2-10,12,14-15,21H,11,13H2,1H3,(H,24,25)/t15-,21?/m0/s1. The van der Waals surface area contributed by atoms with Gasteiger partial charge in [-0.25, -0.2) is 8.42 Å². The summed E-state index contributed by atoms with van der Waals surface area (Å²) in [5, 5.41) is 2.07. The second-order valence-electron chi connectivity index (χ2n) is 7.65. The van der Waals surface area contributed by atoms with Crippen molar-refractivity contribution in [2.75, 3.05) is 6.54 Å². The number of nitrogens with one attached hydrogen (secondary N) is 1. The van der Waals surface area contributed by atoms with Gasteiger partial charge in [-0.3, -0.25) is 14.5 Å². The first-order valence-corrected chi connectivity index (χ1v) is 12.4. The average Bonchev–Trinajstić information content (AvgIpc) is 3.35. The predicted octanol–water partition coefficient (Wildman–Crippen LogP) is 3.35. The van der Waals surface area contributed by atoms with Gasteiger partial charge < -0.3 is 4.90 Å². The zero-order chi connectivity index (χ0) is 21.6. The van der Waals surface area contributed by atoms with Crippen LogP contribution in [0, 0.1) is 0 Å². The Bertz CT molecular complexity index is 1280. The summed E-state index contributed by atoms with van der Waals surface area (Å²) in [6.07, 6.45) is 0.806. The lowest BCUT2D eigenvalue weighted by molar-refractivity contribution is -0.134. The number of hydrogen-bond acceptors (Lipinski definition) is 5. The third-order valence-electron chi connectivity index (χ3n) is 5.71. The molecule has 0 bridgehead atoms. The molecule has 0 aliphatic carbocycles. The summed E-state index contributed by atoms with van der Waals surface area (Å²) in [6, 6.07) is 17.9. The third-order valence-corrected chi connectivity index (χ3v) is 8.10. The summed E-state index contributed by atoms with van der Waals surface area (Å²) in [7, 11) is -3.64. The van der Waals surface area contributed by atoms with Gasteiger partial charge in [-0.15, -0.1) is 11.3 Å². The first-order valence-electron chi connectivity index (χ1n) is 10.1. The van der Waals surface area contributed by atoms with Gasteiger partial charge in [-0.2, -0.15) is 0 Å². The third kappa shape index (κ3) is 3.45. The van der Waals surface area contributed by atoms with Crippen molar-refractivity contribution in [1.29, 1.82) is 0 Å². The normalized spacial score (nSPS) is 21.3. The van der Waals surface area contributed by atoms with E-state index in [9.17, 15) is 13.2 Å². The minimum atomic E-state index is -3.64. The van der Waals surface area contributed by atoms with Crippen LogP contribution in [0.25, 0.3) is 0 Å². The van der Waals surface area contributed by atoms with Crippen LogP contribution in [0.4, 0.5) is 0 Å². The first-order chi connectivity index (χ1) is 15.0. The minimum absolute atomic E-state index is 0.123. The lowest BCUT2D eigenvalue weighted by Gasteiger charge is -2.37. The van der Waals surface area contributed by atoms with Gasteiger partial charge >= 0.3 is 0 Å². The maximum absolute atomic E-state index is 13.5. The molecule has 0 fully saturated rings. The first kappa shape index (κ1) is 20.0. The van der Waals surface area contributed by atoms with Crippen LogP contribution >= 0.6 is 11.3 Å². The lowest BCUT2D eigenvalue weighted by atomic mass is 9.93. The van der Waals surface area contributed by atoms with E-state index < -0.39 is 16.1 Å². The Balaban J connectivity index is 1.49. The van der Waals surface area contributed by atoms with Gasteiger partial charge in [-0.05, 0) is 48.1 Å². The molecular weight excluding hydrogens is 430 g/mol. The monoisotopic (exact) mass is 451 g/mol. The van der Waals surface area contributed by atoms with Gasteiger partial charge in [0.15, 0.2) is 0 Å². The Morgan fingerprint density at radius 2 is 1.87 bits per heavy atom. The zero-order valence-electron chi connectivity index (χ0n) is 16.9. The Labute approximate surface area is 185 Å². The molecule has 6 nitrogen and oxygen atoms in total. The molecule has 1 amide bonds. The average molecular weight is 452 g/mol. The van der Waals surface area contributed by atoms with Gasteiger partial charge in [0.25, 0.3) is 10.0 Å². The molecule has 3 heterocycles. The van der Waals surface area contributed by atoms with Crippen molar-refractivity contribution in [3.63, 3.8) is 0 Å². The Hall–Kier alpha value is -2.97. The fraction of sp³-hybridized carbons (Fsp3) is 0.217. The molecule has 2 atom stereocenters. The van der Waals surface area contributed by atoms with E-state index in [-0.39, 0.29) is 22.7 Å². The topological polar surface area (TPSA) is 78.8 Å². The van der Waals surface area contributed by atoms with E-state index in [1.54, 1.807) is 42.5 Å². The van der Waals surface area contributed by atoms with Crippen LogP contribution < -0.4 is 4.72 Å². The molecule has 3 aromatic rings. The van der Waals surface area contributed by atoms with Crippen molar-refractivity contribution in [2.45, 2.75) is 30.3 Å². The van der Waals surface area contributed by atoms with Crippen LogP contribution in [0.15, 0.2) is 75.9 Å². The number of thiophene rings is 1. The number of nitrogens with zero attached hydrogens (tertiary/aromatic N) is 2. The fourth-order valence-corrected chi connectivity index (χ4v) is 6.41. The number of benzene rings is 2. The van der Waals surface area contributed by atoms with Crippen molar-refractivity contribution < 1.29 is 13.2 Å². The van der Waals surface area contributed by atoms with Gasteiger partial charge in [0.2, 0.25) is 5.91 Å². The molecule has 1 N–H and O–H groups in total. The van der Waals surface area contributed by atoms with Crippen LogP contribution in [-0.4, -0.2) is 37.6 Å². The number of carbonyl (C=O) groups excluding carboxylic acids is 1. The van der Waals surface area contributed by atoms with Crippen molar-refractivity contribution in [3.05, 3.63) is 87.6 Å². The van der Waals surface area contributed by atoms with E-state index in [2.05, 4.69) is 21.2 Å². The molecule has 0 radical (unpaired) electrons. The highest BCUT2D eigenvalue weighted by Gasteiger charge is 2.36. The van der Waals surface area contributed by atoms with Gasteiger partial charge in [0.1, 0.15) is 11.9 Å². The second-order valence-corrected chi connectivity index (χ2v) is 10.3. The van der Waals surface area contributed by atoms with E-state index in [1.165, 1.54) is 4.88 Å². The molecule has 31 heavy (non-hydrogen) atoms. The van der Waals surface area contributed by atoms with Crippen LogP contribution in [0.5, 0.6) is 0 Å². The SMILES string of the molecule is C[C@H](N=C1NS(=O)(=O)c2ccccc21)C(=O)N1CCc2sccc2C1c1ccccc1. The van der Waals surface area contributed by atoms with Crippen molar-refractivity contribution in [1.82, 2.24) is 9.62 Å². The maximum atomic E-state index is 13.5. The lowest BCUT2D eigenvalue weighted by Crippen LogP contribution is -2.44. The highest BCUT2D eigenvalue weighted by molar-refractivity contribution is 7.90. The van der Waals surface area contributed by atoms with Gasteiger partial charge in [0.05, 0.1) is 10.9 Å². The summed E-state index contributed by atoms with van der Waals surface area (Å²) in [5.74, 6) is 0.0997. The largest absolute Gasteiger partial charge is 0.329 e. The maximum Gasteiger partial charge on any atom is 0.263 e. The summed E-state index contributed by atoms with van der Waals surface area (Å²) >= 11 is 1.72. The molecule has 1 aromatic heterocycles. The molecule has 0 spiro atoms. The summed E-state index contributed by atoms with van der Waals surface area (Å²) < 4.78 is 27.2. The minimum Gasteiger partial charge on any atom is -0.329 e. The number of fused-ring (bicyclic) bond motifs is 2. The molecule has 0 saturated heterocycles. The molecule has 8 heteroatoms. The van der Waals surface area contributed by atoms with E-state index in [0.717, 1.165) is 17.5 Å². The number of amides is 1. The second kappa shape index (κ2) is 7.62. The number of carbonyl (C=O) groups is 1. The van der Waals surface area contributed by atoms with Crippen molar-refractivity contribution >= 4 is 33.1 Å². The van der Waals surface area contributed by atoms with Crippen molar-refractivity contribution in [3.8, 4) is 0 Å². The van der Waals surface area contributed by atoms with Gasteiger partial charge in [0, 0.05) is 17.0 Å². The molecule has 2 aromatic carbocycles. The van der Waals surface area contributed by atoms with Crippen LogP contribution in [0.1, 0.15) is 34.5 Å². The van der Waals surface area contributed by atoms with E-state index in [1.807, 2.05) is 35.2 Å². The molecular formula is C23H21N3O3S2. The molecule has 1 unspecified atom stereocenters. The van der Waals surface area contributed by atoms with Crippen LogP contribution in [-0.2, 0) is 21.2 Å². The van der Waals surface area contributed by atoms with E-state index >= 15 is 0 Å². The van der Waals surface area contributed by atoms with E-state index in [4.69, 9.17) is 0 Å². The fourth-order valence-electron chi connectivity index (χ4n) is 4.27. The van der Waals surface area contributed by atoms with Gasteiger partial charge in [-0.1, -0.05) is 42.5 Å².